The molecule has 37 heavy (non-hydrogen) atoms. The summed E-state index contributed by atoms with van der Waals surface area (Å²) in [4.78, 5) is 39.0. The molecule has 0 saturated carbocycles. The highest BCUT2D eigenvalue weighted by molar-refractivity contribution is 6.39. The minimum Gasteiger partial charge on any atom is -0.497 e. The Morgan fingerprint density at radius 3 is 2.43 bits per heavy atom. The van der Waals surface area contributed by atoms with Crippen LogP contribution in [0.3, 0.4) is 0 Å². The van der Waals surface area contributed by atoms with Crippen molar-refractivity contribution in [3.05, 3.63) is 88.2 Å². The summed E-state index contributed by atoms with van der Waals surface area (Å²) in [7, 11) is 1.49. The standard InChI is InChI=1S/C27H22ClFN2O6/c1-3-36-23-14-16(13-21(28)24(23)37-15-17-6-4-5-7-22(17)29)12-20-25(32)30-27(34)31(26(20)33)18-8-10-19(35-2)11-9-18/h4-14H,3,15H2,1-2H3,(H,30,32,34)/b20-12+. The minimum absolute atomic E-state index is 0.0905. The van der Waals surface area contributed by atoms with Crippen LogP contribution in [0.5, 0.6) is 17.2 Å². The van der Waals surface area contributed by atoms with Crippen molar-refractivity contribution in [3.63, 3.8) is 0 Å². The zero-order valence-corrected chi connectivity index (χ0v) is 20.7. The van der Waals surface area contributed by atoms with Crippen molar-refractivity contribution >= 4 is 41.2 Å². The number of hydrogen-bond donors (Lipinski definition) is 1. The first-order valence-electron chi connectivity index (χ1n) is 11.2. The average molecular weight is 525 g/mol. The number of carbonyl (C=O) groups is 3. The second-order valence-electron chi connectivity index (χ2n) is 7.80. The molecule has 10 heteroatoms. The van der Waals surface area contributed by atoms with Crippen LogP contribution in [0.1, 0.15) is 18.1 Å². The van der Waals surface area contributed by atoms with E-state index in [1.165, 1.54) is 43.5 Å². The van der Waals surface area contributed by atoms with Gasteiger partial charge in [-0.2, -0.15) is 0 Å². The number of nitrogens with one attached hydrogen (secondary N) is 1. The molecule has 1 aliphatic rings. The molecule has 0 spiro atoms. The van der Waals surface area contributed by atoms with Crippen LogP contribution in [-0.2, 0) is 16.2 Å². The topological polar surface area (TPSA) is 94.2 Å². The van der Waals surface area contributed by atoms with Crippen LogP contribution in [0.25, 0.3) is 6.08 Å². The van der Waals surface area contributed by atoms with Crippen molar-refractivity contribution in [1.82, 2.24) is 5.32 Å². The van der Waals surface area contributed by atoms with E-state index in [1.54, 1.807) is 37.3 Å². The van der Waals surface area contributed by atoms with Gasteiger partial charge in [-0.05, 0) is 61.0 Å². The molecule has 4 rings (SSSR count). The number of carbonyl (C=O) groups excluding carboxylic acids is 3. The number of anilines is 1. The number of halogens is 2. The fourth-order valence-electron chi connectivity index (χ4n) is 3.63. The fourth-order valence-corrected chi connectivity index (χ4v) is 3.90. The summed E-state index contributed by atoms with van der Waals surface area (Å²) in [5, 5.41) is 2.30. The smallest absolute Gasteiger partial charge is 0.335 e. The van der Waals surface area contributed by atoms with Gasteiger partial charge in [0, 0.05) is 5.56 Å². The highest BCUT2D eigenvalue weighted by Gasteiger charge is 2.37. The van der Waals surface area contributed by atoms with Gasteiger partial charge in [0.1, 0.15) is 23.7 Å². The predicted octanol–water partition coefficient (Wildman–Crippen LogP) is 5.13. The van der Waals surface area contributed by atoms with E-state index in [9.17, 15) is 18.8 Å². The Kier molecular flexibility index (Phi) is 7.74. The number of urea groups is 1. The zero-order chi connectivity index (χ0) is 26.5. The quantitative estimate of drug-likeness (QED) is 0.324. The number of ether oxygens (including phenoxy) is 3. The largest absolute Gasteiger partial charge is 0.497 e. The monoisotopic (exact) mass is 524 g/mol. The molecule has 0 unspecified atom stereocenters. The third kappa shape index (κ3) is 5.57. The van der Waals surface area contributed by atoms with E-state index in [2.05, 4.69) is 5.32 Å². The molecule has 3 aromatic carbocycles. The van der Waals surface area contributed by atoms with Crippen LogP contribution in [0.15, 0.2) is 66.2 Å². The Morgan fingerprint density at radius 2 is 1.76 bits per heavy atom. The molecule has 0 aromatic heterocycles. The molecule has 0 aliphatic carbocycles. The van der Waals surface area contributed by atoms with E-state index in [4.69, 9.17) is 25.8 Å². The summed E-state index contributed by atoms with van der Waals surface area (Å²) in [6.45, 7) is 1.94. The number of nitrogens with zero attached hydrogens (tertiary/aromatic N) is 1. The lowest BCUT2D eigenvalue weighted by atomic mass is 10.1. The van der Waals surface area contributed by atoms with E-state index in [0.717, 1.165) is 4.90 Å². The van der Waals surface area contributed by atoms with Crippen LogP contribution >= 0.6 is 11.6 Å². The highest BCUT2D eigenvalue weighted by atomic mass is 35.5. The van der Waals surface area contributed by atoms with Gasteiger partial charge in [0.15, 0.2) is 11.5 Å². The maximum Gasteiger partial charge on any atom is 0.335 e. The number of benzene rings is 3. The van der Waals surface area contributed by atoms with Gasteiger partial charge in [0.05, 0.1) is 24.4 Å². The van der Waals surface area contributed by atoms with Crippen molar-refractivity contribution in [2.75, 3.05) is 18.6 Å². The lowest BCUT2D eigenvalue weighted by Gasteiger charge is -2.26. The normalized spacial score (nSPS) is 14.5. The molecule has 3 aromatic rings. The molecule has 1 heterocycles. The van der Waals surface area contributed by atoms with Crippen molar-refractivity contribution in [2.45, 2.75) is 13.5 Å². The molecular weight excluding hydrogens is 503 g/mol. The number of amides is 4. The first kappa shape index (κ1) is 25.7. The highest BCUT2D eigenvalue weighted by Crippen LogP contribution is 2.38. The zero-order valence-electron chi connectivity index (χ0n) is 19.9. The summed E-state index contributed by atoms with van der Waals surface area (Å²) < 4.78 is 30.5. The SMILES string of the molecule is CCOc1cc(/C=C2\C(=O)NC(=O)N(c3ccc(OC)cc3)C2=O)cc(Cl)c1OCc1ccccc1F. The summed E-state index contributed by atoms with van der Waals surface area (Å²) >= 11 is 6.45. The van der Waals surface area contributed by atoms with Crippen molar-refractivity contribution in [3.8, 4) is 17.2 Å². The molecular formula is C27H22ClFN2O6. The van der Waals surface area contributed by atoms with Crippen LogP contribution in [0.4, 0.5) is 14.9 Å². The summed E-state index contributed by atoms with van der Waals surface area (Å²) in [6.07, 6.45) is 1.30. The molecule has 1 saturated heterocycles. The Bertz CT molecular complexity index is 1390. The van der Waals surface area contributed by atoms with E-state index < -0.39 is 23.7 Å². The van der Waals surface area contributed by atoms with Gasteiger partial charge in [-0.15, -0.1) is 0 Å². The number of imide groups is 2. The summed E-state index contributed by atoms with van der Waals surface area (Å²) in [6, 6.07) is 14.5. The Labute approximate surface area is 217 Å². The van der Waals surface area contributed by atoms with E-state index in [-0.39, 0.29) is 41.0 Å². The molecule has 4 amide bonds. The van der Waals surface area contributed by atoms with Crippen LogP contribution < -0.4 is 24.4 Å². The second kappa shape index (κ2) is 11.1. The van der Waals surface area contributed by atoms with E-state index in [1.807, 2.05) is 0 Å². The lowest BCUT2D eigenvalue weighted by Crippen LogP contribution is -2.54. The van der Waals surface area contributed by atoms with E-state index >= 15 is 0 Å². The number of methoxy groups -OCH3 is 1. The van der Waals surface area contributed by atoms with Crippen molar-refractivity contribution in [1.29, 1.82) is 0 Å². The van der Waals surface area contributed by atoms with Gasteiger partial charge < -0.3 is 14.2 Å². The first-order valence-corrected chi connectivity index (χ1v) is 11.6. The molecule has 8 nitrogen and oxygen atoms in total. The van der Waals surface area contributed by atoms with Gasteiger partial charge in [0.25, 0.3) is 11.8 Å². The van der Waals surface area contributed by atoms with Crippen LogP contribution in [0, 0.1) is 5.82 Å². The lowest BCUT2D eigenvalue weighted by molar-refractivity contribution is -0.122. The molecule has 190 valence electrons. The Morgan fingerprint density at radius 1 is 1.03 bits per heavy atom. The third-order valence-electron chi connectivity index (χ3n) is 5.40. The van der Waals surface area contributed by atoms with E-state index in [0.29, 0.717) is 16.9 Å². The molecule has 0 bridgehead atoms. The van der Waals surface area contributed by atoms with Gasteiger partial charge >= 0.3 is 6.03 Å². The molecule has 0 radical (unpaired) electrons. The molecule has 1 N–H and O–H groups in total. The molecule has 1 aliphatic heterocycles. The van der Waals surface area contributed by atoms with Gasteiger partial charge in [-0.1, -0.05) is 29.8 Å². The fraction of sp³-hybridized carbons (Fsp3) is 0.148. The van der Waals surface area contributed by atoms with Crippen molar-refractivity contribution in [2.24, 2.45) is 0 Å². The van der Waals surface area contributed by atoms with Gasteiger partial charge in [-0.3, -0.25) is 14.9 Å². The number of rotatable bonds is 8. The van der Waals surface area contributed by atoms with Gasteiger partial charge in [0.2, 0.25) is 0 Å². The predicted molar refractivity (Wildman–Crippen MR) is 135 cm³/mol. The Hall–Kier alpha value is -4.37. The second-order valence-corrected chi connectivity index (χ2v) is 8.21. The third-order valence-corrected chi connectivity index (χ3v) is 5.69. The maximum atomic E-state index is 14.0. The van der Waals surface area contributed by atoms with Gasteiger partial charge in [-0.25, -0.2) is 14.1 Å². The first-order chi connectivity index (χ1) is 17.8. The van der Waals surface area contributed by atoms with Crippen LogP contribution in [-0.4, -0.2) is 31.6 Å². The average Bonchev–Trinajstić information content (AvgIpc) is 2.87. The number of barbiturate groups is 1. The number of hydrogen-bond acceptors (Lipinski definition) is 6. The Balaban J connectivity index is 1.65. The van der Waals surface area contributed by atoms with Crippen molar-refractivity contribution < 1.29 is 33.0 Å². The minimum atomic E-state index is -0.873. The molecule has 1 fully saturated rings. The van der Waals surface area contributed by atoms with Crippen LogP contribution in [0.2, 0.25) is 5.02 Å². The summed E-state index contributed by atoms with van der Waals surface area (Å²) in [5.74, 6) is -1.12. The summed E-state index contributed by atoms with van der Waals surface area (Å²) in [5.41, 5.74) is 0.662. The molecule has 0 atom stereocenters. The maximum absolute atomic E-state index is 14.0.